The normalized spacial score (nSPS) is 22.5. The van der Waals surface area contributed by atoms with Gasteiger partial charge in [0.25, 0.3) is 0 Å². The summed E-state index contributed by atoms with van der Waals surface area (Å²) < 4.78 is 0. The Morgan fingerprint density at radius 2 is 0.750 bits per heavy atom. The van der Waals surface area contributed by atoms with Crippen LogP contribution in [0.1, 0.15) is 20.8 Å². The van der Waals surface area contributed by atoms with E-state index in [4.69, 9.17) is 14.5 Å². The summed E-state index contributed by atoms with van der Waals surface area (Å²) in [6, 6.07) is 0. The van der Waals surface area contributed by atoms with E-state index in [0.29, 0.717) is 0 Å². The van der Waals surface area contributed by atoms with Crippen LogP contribution in [0.2, 0.25) is 0 Å². The topological polar surface area (TPSA) is 47.1 Å². The van der Waals surface area contributed by atoms with Crippen LogP contribution in [0.15, 0.2) is 0 Å². The Hall–Kier alpha value is -0.360. The molecule has 1 rings (SSSR count). The molecule has 0 amide bonds. The SMILES string of the molecule is CC(ON(C)C)N1CN(C(C)ON(C)C)CN(C(C)ON(C)C)C1. The van der Waals surface area contributed by atoms with E-state index in [2.05, 4.69) is 35.5 Å². The van der Waals surface area contributed by atoms with Crippen LogP contribution in [-0.4, -0.2) is 111 Å². The van der Waals surface area contributed by atoms with Crippen LogP contribution in [0, 0.1) is 0 Å². The number of nitrogens with zero attached hydrogens (tertiary/aromatic N) is 6. The van der Waals surface area contributed by atoms with Crippen molar-refractivity contribution in [1.29, 1.82) is 0 Å². The summed E-state index contributed by atoms with van der Waals surface area (Å²) in [4.78, 5) is 24.2. The molecule has 0 bridgehead atoms. The van der Waals surface area contributed by atoms with Crippen molar-refractivity contribution in [1.82, 2.24) is 29.9 Å². The average molecular weight is 348 g/mol. The van der Waals surface area contributed by atoms with Crippen LogP contribution in [0.3, 0.4) is 0 Å². The Morgan fingerprint density at radius 1 is 0.542 bits per heavy atom. The standard InChI is InChI=1S/C15H36N6O3/c1-13(22-16(4)5)19-10-20(14(2)23-17(6)7)12-21(11-19)15(3)24-18(8)9/h13-15H,10-12H2,1-9H3. The number of hydroxylamine groups is 6. The van der Waals surface area contributed by atoms with Gasteiger partial charge in [0, 0.05) is 42.3 Å². The maximum atomic E-state index is 5.81. The molecular formula is C15H36N6O3. The highest BCUT2D eigenvalue weighted by Gasteiger charge is 2.33. The molecule has 9 nitrogen and oxygen atoms in total. The highest BCUT2D eigenvalue weighted by molar-refractivity contribution is 4.72. The Morgan fingerprint density at radius 3 is 0.917 bits per heavy atom. The van der Waals surface area contributed by atoms with Gasteiger partial charge in [-0.3, -0.25) is 29.2 Å². The van der Waals surface area contributed by atoms with Crippen molar-refractivity contribution in [3.05, 3.63) is 0 Å². The van der Waals surface area contributed by atoms with Crippen LogP contribution in [-0.2, 0) is 14.5 Å². The van der Waals surface area contributed by atoms with Crippen LogP contribution >= 0.6 is 0 Å². The van der Waals surface area contributed by atoms with Gasteiger partial charge >= 0.3 is 0 Å². The first-order valence-corrected chi connectivity index (χ1v) is 8.34. The van der Waals surface area contributed by atoms with Gasteiger partial charge in [-0.25, -0.2) is 0 Å². The summed E-state index contributed by atoms with van der Waals surface area (Å²) in [6.07, 6.45) is -0.157. The largest absolute Gasteiger partial charge is 0.281 e. The lowest BCUT2D eigenvalue weighted by Crippen LogP contribution is -2.62. The molecule has 1 aliphatic heterocycles. The van der Waals surface area contributed by atoms with Crippen LogP contribution in [0.4, 0.5) is 0 Å². The molecule has 0 N–H and O–H groups in total. The summed E-state index contributed by atoms with van der Waals surface area (Å²) in [7, 11) is 11.4. The number of rotatable bonds is 9. The first-order valence-electron chi connectivity index (χ1n) is 8.34. The Balaban J connectivity index is 2.81. The molecule has 1 aliphatic rings. The Labute approximate surface area is 147 Å². The van der Waals surface area contributed by atoms with Crippen molar-refractivity contribution in [2.45, 2.75) is 39.5 Å². The van der Waals surface area contributed by atoms with Crippen molar-refractivity contribution < 1.29 is 14.5 Å². The smallest absolute Gasteiger partial charge is 0.131 e. The molecule has 0 aromatic rings. The molecule has 0 spiro atoms. The summed E-state index contributed by atoms with van der Waals surface area (Å²) in [5.41, 5.74) is 0. The first-order chi connectivity index (χ1) is 11.1. The van der Waals surface area contributed by atoms with E-state index >= 15 is 0 Å². The summed E-state index contributed by atoms with van der Waals surface area (Å²) in [6.45, 7) is 8.43. The van der Waals surface area contributed by atoms with Gasteiger partial charge in [-0.05, 0) is 20.8 Å². The number of hydrogen-bond donors (Lipinski definition) is 0. The molecule has 0 saturated carbocycles. The van der Waals surface area contributed by atoms with E-state index in [9.17, 15) is 0 Å². The monoisotopic (exact) mass is 348 g/mol. The van der Waals surface area contributed by atoms with Gasteiger partial charge < -0.3 is 0 Å². The van der Waals surface area contributed by atoms with E-state index in [1.165, 1.54) is 0 Å². The van der Waals surface area contributed by atoms with Gasteiger partial charge in [0.2, 0.25) is 0 Å². The molecule has 24 heavy (non-hydrogen) atoms. The van der Waals surface area contributed by atoms with Gasteiger partial charge in [0.05, 0.1) is 20.0 Å². The van der Waals surface area contributed by atoms with Gasteiger partial charge in [0.15, 0.2) is 0 Å². The zero-order valence-electron chi connectivity index (χ0n) is 16.8. The van der Waals surface area contributed by atoms with Crippen LogP contribution < -0.4 is 0 Å². The predicted molar refractivity (Wildman–Crippen MR) is 92.8 cm³/mol. The first kappa shape index (κ1) is 21.7. The molecule has 0 aromatic carbocycles. The molecule has 1 heterocycles. The maximum Gasteiger partial charge on any atom is 0.131 e. The third-order valence-electron chi connectivity index (χ3n) is 3.72. The van der Waals surface area contributed by atoms with Crippen molar-refractivity contribution in [3.8, 4) is 0 Å². The minimum Gasteiger partial charge on any atom is -0.281 e. The molecular weight excluding hydrogens is 312 g/mol. The molecule has 9 heteroatoms. The van der Waals surface area contributed by atoms with E-state index in [1.807, 2.05) is 42.3 Å². The van der Waals surface area contributed by atoms with E-state index in [1.54, 1.807) is 15.2 Å². The molecule has 0 radical (unpaired) electrons. The van der Waals surface area contributed by atoms with Gasteiger partial charge in [0.1, 0.15) is 18.7 Å². The summed E-state index contributed by atoms with van der Waals surface area (Å²) >= 11 is 0. The molecule has 3 unspecified atom stereocenters. The van der Waals surface area contributed by atoms with Crippen LogP contribution in [0.25, 0.3) is 0 Å². The predicted octanol–water partition coefficient (Wildman–Crippen LogP) is 0.296. The van der Waals surface area contributed by atoms with Crippen molar-refractivity contribution in [2.24, 2.45) is 0 Å². The second-order valence-corrected chi connectivity index (χ2v) is 6.74. The molecule has 144 valence electrons. The van der Waals surface area contributed by atoms with E-state index in [0.717, 1.165) is 20.0 Å². The Bertz CT molecular complexity index is 300. The Kier molecular flexibility index (Phi) is 8.99. The second kappa shape index (κ2) is 9.95. The number of hydrogen-bond acceptors (Lipinski definition) is 9. The van der Waals surface area contributed by atoms with E-state index in [-0.39, 0.29) is 18.7 Å². The molecule has 0 aliphatic carbocycles. The fraction of sp³-hybridized carbons (Fsp3) is 1.00. The fourth-order valence-electron chi connectivity index (χ4n) is 2.64. The lowest BCUT2D eigenvalue weighted by molar-refractivity contribution is -0.289. The second-order valence-electron chi connectivity index (χ2n) is 6.74. The average Bonchev–Trinajstić information content (AvgIpc) is 2.44. The lowest BCUT2D eigenvalue weighted by Gasteiger charge is -2.48. The fourth-order valence-corrected chi connectivity index (χ4v) is 2.64. The summed E-state index contributed by atoms with van der Waals surface area (Å²) in [5, 5.41) is 5.19. The molecule has 3 atom stereocenters. The minimum absolute atomic E-state index is 0.0524. The van der Waals surface area contributed by atoms with Gasteiger partial charge in [-0.2, -0.15) is 15.2 Å². The molecule has 0 aromatic heterocycles. The lowest BCUT2D eigenvalue weighted by atomic mass is 10.4. The van der Waals surface area contributed by atoms with Crippen molar-refractivity contribution in [3.63, 3.8) is 0 Å². The quantitative estimate of drug-likeness (QED) is 0.547. The molecule has 1 saturated heterocycles. The zero-order chi connectivity index (χ0) is 18.4. The zero-order valence-corrected chi connectivity index (χ0v) is 16.8. The highest BCUT2D eigenvalue weighted by Crippen LogP contribution is 2.18. The highest BCUT2D eigenvalue weighted by atomic mass is 16.7. The molecule has 1 fully saturated rings. The van der Waals surface area contributed by atoms with Gasteiger partial charge in [-0.1, -0.05) is 0 Å². The third kappa shape index (κ3) is 7.26. The van der Waals surface area contributed by atoms with Crippen molar-refractivity contribution in [2.75, 3.05) is 62.3 Å². The van der Waals surface area contributed by atoms with Gasteiger partial charge in [-0.15, -0.1) is 0 Å². The van der Waals surface area contributed by atoms with Crippen molar-refractivity contribution >= 4 is 0 Å². The van der Waals surface area contributed by atoms with E-state index < -0.39 is 0 Å². The summed E-state index contributed by atoms with van der Waals surface area (Å²) in [5.74, 6) is 0. The third-order valence-corrected chi connectivity index (χ3v) is 3.72. The minimum atomic E-state index is -0.0524. The maximum absolute atomic E-state index is 5.81. The van der Waals surface area contributed by atoms with Crippen LogP contribution in [0.5, 0.6) is 0 Å².